The lowest BCUT2D eigenvalue weighted by Gasteiger charge is -2.45. The lowest BCUT2D eigenvalue weighted by Crippen LogP contribution is -2.54. The van der Waals surface area contributed by atoms with Gasteiger partial charge in [-0.15, -0.1) is 0 Å². The molecule has 0 radical (unpaired) electrons. The maximum atomic E-state index is 9.83. The zero-order valence-corrected chi connectivity index (χ0v) is 20.1. The fourth-order valence-electron chi connectivity index (χ4n) is 3.55. The van der Waals surface area contributed by atoms with E-state index in [1.165, 1.54) is 0 Å². The number of nitrogens with one attached hydrogen (secondary N) is 2. The molecule has 0 aromatic carbocycles. The highest BCUT2D eigenvalue weighted by Crippen LogP contribution is 2.37. The van der Waals surface area contributed by atoms with Crippen LogP contribution in [0.25, 0.3) is 0 Å². The number of hydrogen-bond donors (Lipinski definition) is 4. The van der Waals surface area contributed by atoms with Crippen LogP contribution in [0.5, 0.6) is 0 Å². The SMILES string of the molecule is CC.CC.COCC(O)CNC1(C)CCC(C(C)(C)NCC(O)COC)CC1. The Balaban J connectivity index is 0. The second-order valence-electron chi connectivity index (χ2n) is 8.04. The Morgan fingerprint density at radius 2 is 1.36 bits per heavy atom. The molecule has 1 rings (SSSR count). The summed E-state index contributed by atoms with van der Waals surface area (Å²) in [5.74, 6) is 0.575. The standard InChI is InChI=1S/C18H38N2O4.2C2H6/c1-17(2,19-10-15(21)12-23-4)14-6-8-18(3,9-7-14)20-11-16(22)13-24-5;2*1-2/h14-16,19-22H,6-13H2,1-5H3;2*1-2H3. The molecule has 0 bridgehead atoms. The van der Waals surface area contributed by atoms with Crippen LogP contribution < -0.4 is 10.6 Å². The molecule has 0 heterocycles. The molecule has 0 saturated heterocycles. The lowest BCUT2D eigenvalue weighted by atomic mass is 9.70. The second kappa shape index (κ2) is 16.5. The highest BCUT2D eigenvalue weighted by molar-refractivity contribution is 4.96. The van der Waals surface area contributed by atoms with Gasteiger partial charge in [-0.05, 0) is 52.4 Å². The van der Waals surface area contributed by atoms with E-state index in [0.717, 1.165) is 25.7 Å². The van der Waals surface area contributed by atoms with Crippen LogP contribution in [0.3, 0.4) is 0 Å². The summed E-state index contributed by atoms with van der Waals surface area (Å²) in [4.78, 5) is 0. The number of aliphatic hydroxyl groups is 2. The maximum absolute atomic E-state index is 9.83. The minimum absolute atomic E-state index is 0.00832. The van der Waals surface area contributed by atoms with Crippen LogP contribution >= 0.6 is 0 Å². The molecule has 1 aliphatic rings. The number of hydrogen-bond acceptors (Lipinski definition) is 6. The average molecular weight is 407 g/mol. The van der Waals surface area contributed by atoms with Crippen molar-refractivity contribution in [1.82, 2.24) is 10.6 Å². The Bertz CT molecular complexity index is 345. The van der Waals surface area contributed by atoms with Crippen LogP contribution in [-0.2, 0) is 9.47 Å². The monoisotopic (exact) mass is 406 g/mol. The third-order valence-corrected chi connectivity index (χ3v) is 5.39. The zero-order chi connectivity index (χ0) is 22.2. The highest BCUT2D eigenvalue weighted by Gasteiger charge is 2.37. The Kier molecular flexibility index (Phi) is 17.7. The molecule has 6 nitrogen and oxygen atoms in total. The third kappa shape index (κ3) is 12.3. The normalized spacial score (nSPS) is 24.3. The van der Waals surface area contributed by atoms with E-state index in [1.807, 2.05) is 27.7 Å². The van der Waals surface area contributed by atoms with Crippen LogP contribution in [-0.4, -0.2) is 74.0 Å². The Morgan fingerprint density at radius 1 is 0.929 bits per heavy atom. The minimum Gasteiger partial charge on any atom is -0.389 e. The second-order valence-corrected chi connectivity index (χ2v) is 8.04. The van der Waals surface area contributed by atoms with Crippen molar-refractivity contribution in [3.8, 4) is 0 Å². The van der Waals surface area contributed by atoms with Gasteiger partial charge in [0, 0.05) is 38.4 Å². The molecule has 28 heavy (non-hydrogen) atoms. The van der Waals surface area contributed by atoms with Crippen LogP contribution in [0.2, 0.25) is 0 Å². The van der Waals surface area contributed by atoms with Gasteiger partial charge in [0.05, 0.1) is 25.4 Å². The molecule has 6 heteroatoms. The average Bonchev–Trinajstić information content (AvgIpc) is 2.69. The fourth-order valence-corrected chi connectivity index (χ4v) is 3.55. The van der Waals surface area contributed by atoms with Crippen molar-refractivity contribution in [3.63, 3.8) is 0 Å². The summed E-state index contributed by atoms with van der Waals surface area (Å²) < 4.78 is 9.95. The minimum atomic E-state index is -0.466. The van der Waals surface area contributed by atoms with Gasteiger partial charge >= 0.3 is 0 Å². The Hall–Kier alpha value is -0.240. The summed E-state index contributed by atoms with van der Waals surface area (Å²) in [5, 5.41) is 26.7. The van der Waals surface area contributed by atoms with Gasteiger partial charge in [-0.3, -0.25) is 0 Å². The summed E-state index contributed by atoms with van der Waals surface area (Å²) in [6.45, 7) is 16.5. The van der Waals surface area contributed by atoms with Gasteiger partial charge < -0.3 is 30.3 Å². The van der Waals surface area contributed by atoms with E-state index in [0.29, 0.717) is 32.2 Å². The van der Waals surface area contributed by atoms with Gasteiger partial charge in [0.1, 0.15) is 0 Å². The van der Waals surface area contributed by atoms with E-state index in [1.54, 1.807) is 14.2 Å². The molecule has 2 atom stereocenters. The molecule has 1 aliphatic carbocycles. The summed E-state index contributed by atoms with van der Waals surface area (Å²) in [6, 6.07) is 0. The molecule has 0 amide bonds. The maximum Gasteiger partial charge on any atom is 0.0897 e. The van der Waals surface area contributed by atoms with E-state index in [2.05, 4.69) is 31.4 Å². The Morgan fingerprint density at radius 3 is 1.79 bits per heavy atom. The summed E-state index contributed by atoms with van der Waals surface area (Å²) in [6.07, 6.45) is 3.51. The summed E-state index contributed by atoms with van der Waals surface area (Å²) in [5.41, 5.74) is 0.0719. The molecule has 1 saturated carbocycles. The van der Waals surface area contributed by atoms with E-state index < -0.39 is 12.2 Å². The molecule has 2 unspecified atom stereocenters. The largest absolute Gasteiger partial charge is 0.389 e. The molecule has 0 spiro atoms. The quantitative estimate of drug-likeness (QED) is 0.422. The molecular formula is C22H50N2O4. The van der Waals surface area contributed by atoms with Gasteiger partial charge in [-0.25, -0.2) is 0 Å². The number of ether oxygens (including phenoxy) is 2. The van der Waals surface area contributed by atoms with Crippen LogP contribution in [0.1, 0.15) is 74.1 Å². The van der Waals surface area contributed by atoms with Crippen molar-refractivity contribution in [1.29, 1.82) is 0 Å². The first-order chi connectivity index (χ1) is 13.2. The smallest absolute Gasteiger partial charge is 0.0897 e. The predicted octanol–water partition coefficient (Wildman–Crippen LogP) is 2.96. The molecular weight excluding hydrogens is 356 g/mol. The molecule has 0 aromatic rings. The van der Waals surface area contributed by atoms with E-state index in [-0.39, 0.29) is 11.1 Å². The van der Waals surface area contributed by atoms with Crippen molar-refractivity contribution >= 4 is 0 Å². The predicted molar refractivity (Wildman–Crippen MR) is 119 cm³/mol. The first kappa shape index (κ1) is 30.0. The number of rotatable bonds is 11. The highest BCUT2D eigenvalue weighted by atomic mass is 16.5. The van der Waals surface area contributed by atoms with E-state index in [4.69, 9.17) is 9.47 Å². The first-order valence-electron chi connectivity index (χ1n) is 11.1. The molecule has 0 aliphatic heterocycles. The molecule has 4 N–H and O–H groups in total. The third-order valence-electron chi connectivity index (χ3n) is 5.39. The van der Waals surface area contributed by atoms with Gasteiger partial charge in [0.2, 0.25) is 0 Å². The van der Waals surface area contributed by atoms with Crippen molar-refractivity contribution < 1.29 is 19.7 Å². The van der Waals surface area contributed by atoms with Crippen molar-refractivity contribution in [2.45, 2.75) is 97.4 Å². The van der Waals surface area contributed by atoms with Gasteiger partial charge in [-0.2, -0.15) is 0 Å². The number of methoxy groups -OCH3 is 2. The molecule has 0 aromatic heterocycles. The van der Waals surface area contributed by atoms with Gasteiger partial charge in [0.25, 0.3) is 0 Å². The lowest BCUT2D eigenvalue weighted by molar-refractivity contribution is 0.0458. The molecule has 1 fully saturated rings. The number of β-amino-alcohol motifs (C(OH)–C–C–N with tert-alkyl or cyclic N) is 2. The van der Waals surface area contributed by atoms with Crippen LogP contribution in [0.4, 0.5) is 0 Å². The van der Waals surface area contributed by atoms with Crippen LogP contribution in [0, 0.1) is 5.92 Å². The summed E-state index contributed by atoms with van der Waals surface area (Å²) in [7, 11) is 3.21. The topological polar surface area (TPSA) is 83.0 Å². The van der Waals surface area contributed by atoms with Crippen molar-refractivity contribution in [2.24, 2.45) is 5.92 Å². The number of aliphatic hydroxyl groups excluding tert-OH is 2. The first-order valence-corrected chi connectivity index (χ1v) is 11.1. The van der Waals surface area contributed by atoms with Crippen molar-refractivity contribution in [2.75, 3.05) is 40.5 Å². The van der Waals surface area contributed by atoms with Crippen LogP contribution in [0.15, 0.2) is 0 Å². The fraction of sp³-hybridized carbons (Fsp3) is 1.00. The Labute approximate surface area is 174 Å². The van der Waals surface area contributed by atoms with Crippen molar-refractivity contribution in [3.05, 3.63) is 0 Å². The molecule has 172 valence electrons. The zero-order valence-electron chi connectivity index (χ0n) is 20.1. The van der Waals surface area contributed by atoms with E-state index in [9.17, 15) is 10.2 Å². The van der Waals surface area contributed by atoms with Gasteiger partial charge in [-0.1, -0.05) is 27.7 Å². The van der Waals surface area contributed by atoms with E-state index >= 15 is 0 Å². The van der Waals surface area contributed by atoms with Gasteiger partial charge in [0.15, 0.2) is 0 Å². The summed E-state index contributed by atoms with van der Waals surface area (Å²) >= 11 is 0.